The Bertz CT molecular complexity index is 389. The van der Waals surface area contributed by atoms with Gasteiger partial charge in [-0.05, 0) is 31.4 Å². The lowest BCUT2D eigenvalue weighted by molar-refractivity contribution is -0.152. The number of carbonyl (C=O) groups is 1. The molecule has 0 amide bonds. The molecule has 1 aromatic rings. The minimum absolute atomic E-state index is 0.184. The van der Waals surface area contributed by atoms with Gasteiger partial charge in [-0.3, -0.25) is 5.32 Å². The lowest BCUT2D eigenvalue weighted by atomic mass is 9.82. The van der Waals surface area contributed by atoms with Crippen LogP contribution < -0.4 is 5.32 Å². The maximum Gasteiger partial charge on any atom is 0.330 e. The monoisotopic (exact) mass is 263 g/mol. The first-order valence-corrected chi connectivity index (χ1v) is 7.04. The van der Waals surface area contributed by atoms with Crippen molar-refractivity contribution >= 4 is 5.97 Å². The van der Waals surface area contributed by atoms with Crippen molar-refractivity contribution in [3.05, 3.63) is 35.9 Å². The molecule has 0 fully saturated rings. The maximum absolute atomic E-state index is 12.5. The molecule has 0 bridgehead atoms. The summed E-state index contributed by atoms with van der Waals surface area (Å²) >= 11 is 0. The largest absolute Gasteiger partial charge is 0.464 e. The Labute approximate surface area is 116 Å². The second-order valence-electron chi connectivity index (χ2n) is 5.12. The molecule has 0 spiro atoms. The van der Waals surface area contributed by atoms with Crippen molar-refractivity contribution in [3.8, 4) is 0 Å². The summed E-state index contributed by atoms with van der Waals surface area (Å²) in [5.41, 5.74) is 0.240. The second kappa shape index (κ2) is 7.29. The average molecular weight is 263 g/mol. The number of ether oxygens (including phenoxy) is 1. The Morgan fingerprint density at radius 2 is 1.89 bits per heavy atom. The van der Waals surface area contributed by atoms with Crippen LogP contribution >= 0.6 is 0 Å². The van der Waals surface area contributed by atoms with Crippen molar-refractivity contribution in [2.24, 2.45) is 5.92 Å². The van der Waals surface area contributed by atoms with E-state index in [4.69, 9.17) is 4.74 Å². The van der Waals surface area contributed by atoms with Crippen molar-refractivity contribution in [1.29, 1.82) is 0 Å². The van der Waals surface area contributed by atoms with E-state index in [1.165, 1.54) is 0 Å². The average Bonchev–Trinajstić information content (AvgIpc) is 2.39. The van der Waals surface area contributed by atoms with E-state index >= 15 is 0 Å². The molecule has 0 saturated carbocycles. The summed E-state index contributed by atoms with van der Waals surface area (Å²) in [6, 6.07) is 9.85. The summed E-state index contributed by atoms with van der Waals surface area (Å²) < 4.78 is 5.31. The third-order valence-electron chi connectivity index (χ3n) is 3.08. The zero-order chi connectivity index (χ0) is 14.3. The molecule has 0 aromatic heterocycles. The predicted octanol–water partition coefficient (Wildman–Crippen LogP) is 3.10. The molecule has 0 saturated heterocycles. The first-order valence-electron chi connectivity index (χ1n) is 7.04. The van der Waals surface area contributed by atoms with Crippen LogP contribution in [-0.2, 0) is 15.1 Å². The smallest absolute Gasteiger partial charge is 0.330 e. The quantitative estimate of drug-likeness (QED) is 0.768. The van der Waals surface area contributed by atoms with E-state index in [0.717, 1.165) is 18.5 Å². The Balaban J connectivity index is 3.22. The summed E-state index contributed by atoms with van der Waals surface area (Å²) in [7, 11) is 0. The predicted molar refractivity (Wildman–Crippen MR) is 77.9 cm³/mol. The van der Waals surface area contributed by atoms with Gasteiger partial charge in [0.05, 0.1) is 6.61 Å². The Morgan fingerprint density at radius 1 is 1.26 bits per heavy atom. The Morgan fingerprint density at radius 3 is 2.37 bits per heavy atom. The van der Waals surface area contributed by atoms with E-state index in [-0.39, 0.29) is 5.97 Å². The van der Waals surface area contributed by atoms with Gasteiger partial charge in [0.2, 0.25) is 0 Å². The molecule has 0 aliphatic carbocycles. The standard InChI is InChI=1S/C16H25NO2/c1-5-17-16(12-13(3)4,15(18)19-6-2)14-10-8-7-9-11-14/h7-11,13,17H,5-6,12H2,1-4H3. The van der Waals surface area contributed by atoms with E-state index in [9.17, 15) is 4.79 Å². The normalized spacial score (nSPS) is 14.2. The molecule has 3 nitrogen and oxygen atoms in total. The number of likely N-dealkylation sites (N-methyl/N-ethyl adjacent to an activating group) is 1. The molecule has 1 rings (SSSR count). The first-order chi connectivity index (χ1) is 9.06. The van der Waals surface area contributed by atoms with Gasteiger partial charge in [0, 0.05) is 0 Å². The minimum atomic E-state index is -0.736. The van der Waals surface area contributed by atoms with Crippen LogP contribution in [-0.4, -0.2) is 19.1 Å². The van der Waals surface area contributed by atoms with Gasteiger partial charge in [0.15, 0.2) is 0 Å². The zero-order valence-electron chi connectivity index (χ0n) is 12.4. The highest BCUT2D eigenvalue weighted by molar-refractivity contribution is 5.82. The third-order valence-corrected chi connectivity index (χ3v) is 3.08. The van der Waals surface area contributed by atoms with Crippen LogP contribution in [0.15, 0.2) is 30.3 Å². The molecular formula is C16H25NO2. The number of nitrogens with one attached hydrogen (secondary N) is 1. The molecule has 1 aromatic carbocycles. The van der Waals surface area contributed by atoms with Crippen molar-refractivity contribution in [2.75, 3.05) is 13.2 Å². The van der Waals surface area contributed by atoms with Crippen LogP contribution in [0, 0.1) is 5.92 Å². The van der Waals surface area contributed by atoms with E-state index in [1.54, 1.807) is 0 Å². The van der Waals surface area contributed by atoms with Crippen molar-refractivity contribution in [2.45, 2.75) is 39.7 Å². The van der Waals surface area contributed by atoms with Crippen molar-refractivity contribution < 1.29 is 9.53 Å². The topological polar surface area (TPSA) is 38.3 Å². The number of rotatable bonds is 7. The van der Waals surface area contributed by atoms with E-state index < -0.39 is 5.54 Å². The number of hydrogen-bond acceptors (Lipinski definition) is 3. The fraction of sp³-hybridized carbons (Fsp3) is 0.562. The third kappa shape index (κ3) is 3.80. The summed E-state index contributed by atoms with van der Waals surface area (Å²) in [6.45, 7) is 9.21. The second-order valence-corrected chi connectivity index (χ2v) is 5.12. The number of carbonyl (C=O) groups excluding carboxylic acids is 1. The molecule has 1 unspecified atom stereocenters. The summed E-state index contributed by atoms with van der Waals surface area (Å²) in [6.07, 6.45) is 0.726. The Hall–Kier alpha value is -1.35. The van der Waals surface area contributed by atoms with Gasteiger partial charge in [-0.25, -0.2) is 4.79 Å². The molecule has 0 heterocycles. The van der Waals surface area contributed by atoms with Gasteiger partial charge in [0.25, 0.3) is 0 Å². The molecule has 0 radical (unpaired) electrons. The van der Waals surface area contributed by atoms with Gasteiger partial charge >= 0.3 is 5.97 Å². The molecule has 3 heteroatoms. The fourth-order valence-electron chi connectivity index (χ4n) is 2.46. The molecule has 19 heavy (non-hydrogen) atoms. The first kappa shape index (κ1) is 15.7. The molecule has 1 atom stereocenters. The lowest BCUT2D eigenvalue weighted by Gasteiger charge is -2.34. The van der Waals surface area contributed by atoms with E-state index in [0.29, 0.717) is 12.5 Å². The number of benzene rings is 1. The van der Waals surface area contributed by atoms with Gasteiger partial charge in [-0.2, -0.15) is 0 Å². The molecular weight excluding hydrogens is 238 g/mol. The highest BCUT2D eigenvalue weighted by atomic mass is 16.5. The fourth-order valence-corrected chi connectivity index (χ4v) is 2.46. The van der Waals surface area contributed by atoms with Gasteiger partial charge in [0.1, 0.15) is 5.54 Å². The van der Waals surface area contributed by atoms with Gasteiger partial charge in [-0.1, -0.05) is 51.1 Å². The molecule has 106 valence electrons. The van der Waals surface area contributed by atoms with Gasteiger partial charge < -0.3 is 4.74 Å². The summed E-state index contributed by atoms with van der Waals surface area (Å²) in [4.78, 5) is 12.5. The summed E-state index contributed by atoms with van der Waals surface area (Å²) in [5.74, 6) is 0.209. The number of esters is 1. The van der Waals surface area contributed by atoms with E-state index in [1.807, 2.05) is 44.2 Å². The van der Waals surface area contributed by atoms with Crippen molar-refractivity contribution in [3.63, 3.8) is 0 Å². The molecule has 0 aliphatic heterocycles. The SMILES string of the molecule is CCNC(CC(C)C)(C(=O)OCC)c1ccccc1. The minimum Gasteiger partial charge on any atom is -0.464 e. The highest BCUT2D eigenvalue weighted by Gasteiger charge is 2.41. The zero-order valence-corrected chi connectivity index (χ0v) is 12.4. The van der Waals surface area contributed by atoms with Crippen LogP contribution in [0.3, 0.4) is 0 Å². The van der Waals surface area contributed by atoms with Crippen LogP contribution in [0.5, 0.6) is 0 Å². The molecule has 1 N–H and O–H groups in total. The van der Waals surface area contributed by atoms with E-state index in [2.05, 4.69) is 19.2 Å². The van der Waals surface area contributed by atoms with Crippen LogP contribution in [0.1, 0.15) is 39.7 Å². The van der Waals surface area contributed by atoms with Crippen LogP contribution in [0.25, 0.3) is 0 Å². The Kier molecular flexibility index (Phi) is 6.03. The maximum atomic E-state index is 12.5. The van der Waals surface area contributed by atoms with Crippen molar-refractivity contribution in [1.82, 2.24) is 5.32 Å². The highest BCUT2D eigenvalue weighted by Crippen LogP contribution is 2.30. The lowest BCUT2D eigenvalue weighted by Crippen LogP contribution is -2.51. The van der Waals surface area contributed by atoms with Crippen LogP contribution in [0.2, 0.25) is 0 Å². The number of hydrogen-bond donors (Lipinski definition) is 1. The van der Waals surface area contributed by atoms with Gasteiger partial charge in [-0.15, -0.1) is 0 Å². The summed E-state index contributed by atoms with van der Waals surface area (Å²) in [5, 5.41) is 3.35. The van der Waals surface area contributed by atoms with Crippen LogP contribution in [0.4, 0.5) is 0 Å². The molecule has 0 aliphatic rings.